The SMILES string of the molecule is CCOC(=O)C1=C(CCl)NC(C)=C([N+](=O)[O-])C1c1cccc([N+](=O)[O-])c1. The summed E-state index contributed by atoms with van der Waals surface area (Å²) in [4.78, 5) is 34.0. The highest BCUT2D eigenvalue weighted by atomic mass is 35.5. The van der Waals surface area contributed by atoms with Gasteiger partial charge in [0.05, 0.1) is 33.6 Å². The fraction of sp³-hybridized carbons (Fsp3) is 0.312. The maximum Gasteiger partial charge on any atom is 0.337 e. The lowest BCUT2D eigenvalue weighted by Crippen LogP contribution is -2.33. The highest BCUT2D eigenvalue weighted by molar-refractivity contribution is 6.20. The topological polar surface area (TPSA) is 125 Å². The van der Waals surface area contributed by atoms with Crippen LogP contribution in [0, 0.1) is 20.2 Å². The molecule has 1 aliphatic rings. The fourth-order valence-corrected chi connectivity index (χ4v) is 3.04. The van der Waals surface area contributed by atoms with Crippen molar-refractivity contribution in [1.29, 1.82) is 0 Å². The average molecular weight is 382 g/mol. The Bertz CT molecular complexity index is 833. The van der Waals surface area contributed by atoms with Crippen LogP contribution in [0.3, 0.4) is 0 Å². The van der Waals surface area contributed by atoms with Crippen LogP contribution < -0.4 is 5.32 Å². The Morgan fingerprint density at radius 1 is 1.31 bits per heavy atom. The smallest absolute Gasteiger partial charge is 0.337 e. The van der Waals surface area contributed by atoms with Gasteiger partial charge in [-0.1, -0.05) is 12.1 Å². The van der Waals surface area contributed by atoms with Crippen LogP contribution in [0.5, 0.6) is 0 Å². The van der Waals surface area contributed by atoms with Gasteiger partial charge >= 0.3 is 5.97 Å². The molecule has 1 unspecified atom stereocenters. The minimum absolute atomic E-state index is 0.0281. The molecule has 9 nitrogen and oxygen atoms in total. The molecular weight excluding hydrogens is 366 g/mol. The molecule has 0 fully saturated rings. The Morgan fingerprint density at radius 2 is 2.00 bits per heavy atom. The number of carbonyl (C=O) groups is 1. The van der Waals surface area contributed by atoms with Gasteiger partial charge in [0.15, 0.2) is 0 Å². The number of nitro groups is 2. The van der Waals surface area contributed by atoms with Crippen LogP contribution in [-0.4, -0.2) is 28.3 Å². The molecule has 0 amide bonds. The van der Waals surface area contributed by atoms with Gasteiger partial charge in [-0.15, -0.1) is 11.6 Å². The minimum atomic E-state index is -1.14. The number of nitro benzene ring substituents is 1. The second kappa shape index (κ2) is 7.96. The molecule has 1 aromatic carbocycles. The number of esters is 1. The third-order valence-electron chi connectivity index (χ3n) is 3.85. The van der Waals surface area contributed by atoms with Gasteiger partial charge in [0.25, 0.3) is 11.4 Å². The minimum Gasteiger partial charge on any atom is -0.463 e. The van der Waals surface area contributed by atoms with Gasteiger partial charge in [-0.25, -0.2) is 4.79 Å². The Kier molecular flexibility index (Phi) is 5.93. The molecule has 1 heterocycles. The number of rotatable bonds is 6. The molecule has 0 spiro atoms. The van der Waals surface area contributed by atoms with E-state index in [1.807, 2.05) is 0 Å². The number of dihydropyridines is 1. The molecule has 1 aromatic rings. The van der Waals surface area contributed by atoms with Crippen molar-refractivity contribution in [2.24, 2.45) is 0 Å². The van der Waals surface area contributed by atoms with Crippen LogP contribution in [0.1, 0.15) is 25.3 Å². The Morgan fingerprint density at radius 3 is 2.54 bits per heavy atom. The highest BCUT2D eigenvalue weighted by Crippen LogP contribution is 2.39. The monoisotopic (exact) mass is 381 g/mol. The van der Waals surface area contributed by atoms with Crippen LogP contribution in [0.15, 0.2) is 46.9 Å². The molecule has 0 bridgehead atoms. The normalized spacial score (nSPS) is 17.0. The van der Waals surface area contributed by atoms with Crippen LogP contribution in [0.4, 0.5) is 5.69 Å². The molecule has 138 valence electrons. The number of hydrogen-bond donors (Lipinski definition) is 1. The van der Waals surface area contributed by atoms with E-state index in [1.54, 1.807) is 6.92 Å². The summed E-state index contributed by atoms with van der Waals surface area (Å²) in [5, 5.41) is 25.5. The van der Waals surface area contributed by atoms with E-state index < -0.39 is 21.7 Å². The van der Waals surface area contributed by atoms with Gasteiger partial charge in [-0.05, 0) is 19.4 Å². The van der Waals surface area contributed by atoms with Crippen LogP contribution in [-0.2, 0) is 9.53 Å². The summed E-state index contributed by atoms with van der Waals surface area (Å²) in [6, 6.07) is 5.37. The average Bonchev–Trinajstić information content (AvgIpc) is 2.60. The second-order valence-electron chi connectivity index (χ2n) is 5.42. The molecule has 0 saturated heterocycles. The van der Waals surface area contributed by atoms with Gasteiger partial charge in [-0.3, -0.25) is 20.2 Å². The molecule has 0 aliphatic carbocycles. The number of alkyl halides is 1. The Hall–Kier alpha value is -2.94. The van der Waals surface area contributed by atoms with Crippen LogP contribution in [0.25, 0.3) is 0 Å². The number of nitrogens with one attached hydrogen (secondary N) is 1. The molecule has 1 aliphatic heterocycles. The quantitative estimate of drug-likeness (QED) is 0.347. The maximum absolute atomic E-state index is 12.5. The van der Waals surface area contributed by atoms with Gasteiger partial charge in [-0.2, -0.15) is 0 Å². The predicted molar refractivity (Wildman–Crippen MR) is 93.0 cm³/mol. The van der Waals surface area contributed by atoms with E-state index in [-0.39, 0.29) is 46.4 Å². The van der Waals surface area contributed by atoms with Crippen molar-refractivity contribution in [1.82, 2.24) is 5.32 Å². The summed E-state index contributed by atoms with van der Waals surface area (Å²) in [5.41, 5.74) is 0.149. The van der Waals surface area contributed by atoms with E-state index >= 15 is 0 Å². The molecule has 1 N–H and O–H groups in total. The lowest BCUT2D eigenvalue weighted by Gasteiger charge is -2.27. The maximum atomic E-state index is 12.5. The number of non-ortho nitro benzene ring substituents is 1. The summed E-state index contributed by atoms with van der Waals surface area (Å²) in [5.74, 6) is -2.01. The zero-order chi connectivity index (χ0) is 19.4. The molecule has 1 atom stereocenters. The number of allylic oxidation sites excluding steroid dienone is 3. The van der Waals surface area contributed by atoms with E-state index in [0.717, 1.165) is 0 Å². The van der Waals surface area contributed by atoms with Gasteiger partial charge in [0, 0.05) is 17.8 Å². The fourth-order valence-electron chi connectivity index (χ4n) is 2.83. The first-order chi connectivity index (χ1) is 12.3. The molecule has 2 rings (SSSR count). The predicted octanol–water partition coefficient (Wildman–Crippen LogP) is 2.85. The number of carbonyl (C=O) groups excluding carboxylic acids is 1. The number of halogens is 1. The van der Waals surface area contributed by atoms with E-state index in [4.69, 9.17) is 16.3 Å². The summed E-state index contributed by atoms with van der Waals surface area (Å²) in [6.07, 6.45) is 0. The summed E-state index contributed by atoms with van der Waals surface area (Å²) < 4.78 is 5.03. The molecule has 0 aromatic heterocycles. The lowest BCUT2D eigenvalue weighted by atomic mass is 9.84. The highest BCUT2D eigenvalue weighted by Gasteiger charge is 2.42. The molecule has 26 heavy (non-hydrogen) atoms. The number of nitrogens with zero attached hydrogens (tertiary/aromatic N) is 2. The van der Waals surface area contributed by atoms with Crippen molar-refractivity contribution < 1.29 is 19.4 Å². The van der Waals surface area contributed by atoms with Gasteiger partial charge < -0.3 is 10.1 Å². The standard InChI is InChI=1S/C16H16ClN3O6/c1-3-26-16(21)14-12(8-17)18-9(2)15(20(24)25)13(14)10-5-4-6-11(7-10)19(22)23/h4-7,13,18H,3,8H2,1-2H3. The van der Waals surface area contributed by atoms with Crippen molar-refractivity contribution in [2.45, 2.75) is 19.8 Å². The first-order valence-electron chi connectivity index (χ1n) is 7.64. The van der Waals surface area contributed by atoms with E-state index in [0.29, 0.717) is 0 Å². The van der Waals surface area contributed by atoms with Crippen LogP contribution >= 0.6 is 11.6 Å². The zero-order valence-corrected chi connectivity index (χ0v) is 14.8. The molecule has 0 radical (unpaired) electrons. The van der Waals surface area contributed by atoms with Crippen molar-refractivity contribution in [3.8, 4) is 0 Å². The molecule has 0 saturated carbocycles. The number of ether oxygens (including phenoxy) is 1. The first-order valence-corrected chi connectivity index (χ1v) is 8.17. The number of benzene rings is 1. The summed E-state index contributed by atoms with van der Waals surface area (Å²) in [6.45, 7) is 3.15. The van der Waals surface area contributed by atoms with E-state index in [9.17, 15) is 25.0 Å². The van der Waals surface area contributed by atoms with Gasteiger partial charge in [0.2, 0.25) is 0 Å². The van der Waals surface area contributed by atoms with Crippen LogP contribution in [0.2, 0.25) is 0 Å². The number of hydrogen-bond acceptors (Lipinski definition) is 7. The van der Waals surface area contributed by atoms with E-state index in [1.165, 1.54) is 31.2 Å². The van der Waals surface area contributed by atoms with Crippen molar-refractivity contribution in [3.63, 3.8) is 0 Å². The largest absolute Gasteiger partial charge is 0.463 e. The summed E-state index contributed by atoms with van der Waals surface area (Å²) in [7, 11) is 0. The third-order valence-corrected chi connectivity index (χ3v) is 4.12. The Labute approximate surface area is 153 Å². The van der Waals surface area contributed by atoms with Crippen molar-refractivity contribution in [2.75, 3.05) is 12.5 Å². The lowest BCUT2D eigenvalue weighted by molar-refractivity contribution is -0.431. The third kappa shape index (κ3) is 3.67. The Balaban J connectivity index is 2.73. The van der Waals surface area contributed by atoms with E-state index in [2.05, 4.69) is 5.32 Å². The molecule has 10 heteroatoms. The second-order valence-corrected chi connectivity index (χ2v) is 5.69. The summed E-state index contributed by atoms with van der Waals surface area (Å²) >= 11 is 5.92. The van der Waals surface area contributed by atoms with Crippen molar-refractivity contribution in [3.05, 3.63) is 72.7 Å². The van der Waals surface area contributed by atoms with Gasteiger partial charge in [0.1, 0.15) is 5.92 Å². The first kappa shape index (κ1) is 19.4. The van der Waals surface area contributed by atoms with Crippen molar-refractivity contribution >= 4 is 23.3 Å². The molecular formula is C16H16ClN3O6. The zero-order valence-electron chi connectivity index (χ0n) is 14.0.